The third-order valence-corrected chi connectivity index (χ3v) is 2.45. The zero-order valence-electron chi connectivity index (χ0n) is 6.06. The Morgan fingerprint density at radius 1 is 0.909 bits per heavy atom. The van der Waals surface area contributed by atoms with Crippen LogP contribution in [0.15, 0.2) is 22.2 Å². The molecule has 0 aliphatic heterocycles. The zero-order valence-corrected chi connectivity index (χ0v) is 9.84. The maximum atomic E-state index is 5.86. The first-order valence-electron chi connectivity index (χ1n) is 3.48. The molecule has 0 saturated heterocycles. The Morgan fingerprint density at radius 3 is 1.64 bits per heavy atom. The van der Waals surface area contributed by atoms with Gasteiger partial charge in [0, 0.05) is 10.1 Å². The van der Waals surface area contributed by atoms with E-state index in [1.54, 1.807) is 0 Å². The molecule has 3 heteroatoms. The molecule has 0 saturated carbocycles. The summed E-state index contributed by atoms with van der Waals surface area (Å²) in [5, 5.41) is 1.68. The van der Waals surface area contributed by atoms with Gasteiger partial charge in [-0.3, -0.25) is 0 Å². The van der Waals surface area contributed by atoms with Gasteiger partial charge in [0.25, 0.3) is 0 Å². The van der Waals surface area contributed by atoms with Crippen LogP contribution in [0, 0.1) is 0 Å². The van der Waals surface area contributed by atoms with Gasteiger partial charge >= 0.3 is 21.1 Å². The molecule has 1 aliphatic rings. The van der Waals surface area contributed by atoms with Gasteiger partial charge in [-0.05, 0) is 25.7 Å². The smallest absolute Gasteiger partial charge is 0.0882 e. The van der Waals surface area contributed by atoms with Crippen molar-refractivity contribution in [3.63, 3.8) is 0 Å². The van der Waals surface area contributed by atoms with Gasteiger partial charge in [-0.2, -0.15) is 0 Å². The van der Waals surface area contributed by atoms with Crippen LogP contribution in [0.1, 0.15) is 25.7 Å². The van der Waals surface area contributed by atoms with Crippen LogP contribution in [0.25, 0.3) is 0 Å². The van der Waals surface area contributed by atoms with E-state index in [0.29, 0.717) is 0 Å². The molecular weight excluding hydrogens is 362 g/mol. The molecule has 0 spiro atoms. The van der Waals surface area contributed by atoms with Crippen molar-refractivity contribution in [3.05, 3.63) is 22.2 Å². The standard InChI is InChI=1S/C8H10Cl2.Pt/c9-7-5-3-1-2-4-6-8(7)10;/h1-2H,3-6H2;/q;+2. The average Bonchev–Trinajstić information content (AvgIpc) is 1.92. The van der Waals surface area contributed by atoms with Gasteiger partial charge < -0.3 is 0 Å². The van der Waals surface area contributed by atoms with Gasteiger partial charge in [-0.25, -0.2) is 0 Å². The predicted octanol–water partition coefficient (Wildman–Crippen LogP) is 3.80. The number of hydrogen-bond acceptors (Lipinski definition) is 0. The number of halogens is 2. The van der Waals surface area contributed by atoms with Gasteiger partial charge in [0.05, 0.1) is 0 Å². The summed E-state index contributed by atoms with van der Waals surface area (Å²) in [6.07, 6.45) is 8.16. The Bertz CT molecular complexity index is 155. The second kappa shape index (κ2) is 6.28. The molecule has 1 aliphatic carbocycles. The van der Waals surface area contributed by atoms with E-state index in [1.807, 2.05) is 0 Å². The Kier molecular flexibility index (Phi) is 6.71. The summed E-state index contributed by atoms with van der Waals surface area (Å²) in [4.78, 5) is 0. The normalized spacial score (nSPS) is 18.7. The van der Waals surface area contributed by atoms with E-state index in [9.17, 15) is 0 Å². The fraction of sp³-hybridized carbons (Fsp3) is 0.500. The minimum Gasteiger partial charge on any atom is -0.0882 e. The molecular formula is C8H10Cl2Pt+2. The number of hydrogen-bond donors (Lipinski definition) is 0. The van der Waals surface area contributed by atoms with E-state index >= 15 is 0 Å². The first kappa shape index (κ1) is 11.7. The van der Waals surface area contributed by atoms with Crippen molar-refractivity contribution in [2.45, 2.75) is 25.7 Å². The summed E-state index contributed by atoms with van der Waals surface area (Å²) in [5.41, 5.74) is 0. The topological polar surface area (TPSA) is 0 Å². The molecule has 0 N–H and O–H groups in total. The van der Waals surface area contributed by atoms with Crippen molar-refractivity contribution in [2.24, 2.45) is 0 Å². The maximum absolute atomic E-state index is 5.86. The number of allylic oxidation sites excluding steroid dienone is 4. The summed E-state index contributed by atoms with van der Waals surface area (Å²) in [6.45, 7) is 0. The van der Waals surface area contributed by atoms with Crippen molar-refractivity contribution in [2.75, 3.05) is 0 Å². The van der Waals surface area contributed by atoms with Gasteiger partial charge in [0.15, 0.2) is 0 Å². The number of rotatable bonds is 0. The van der Waals surface area contributed by atoms with Crippen LogP contribution in [0.2, 0.25) is 0 Å². The van der Waals surface area contributed by atoms with Crippen LogP contribution >= 0.6 is 23.2 Å². The van der Waals surface area contributed by atoms with Crippen molar-refractivity contribution >= 4 is 23.2 Å². The second-order valence-electron chi connectivity index (χ2n) is 2.36. The summed E-state index contributed by atoms with van der Waals surface area (Å²) in [5.74, 6) is 0. The third-order valence-electron chi connectivity index (χ3n) is 1.52. The maximum Gasteiger partial charge on any atom is 2.00 e. The largest absolute Gasteiger partial charge is 2.00 e. The molecule has 0 atom stereocenters. The van der Waals surface area contributed by atoms with Crippen molar-refractivity contribution in [3.8, 4) is 0 Å². The van der Waals surface area contributed by atoms with Gasteiger partial charge in [0.2, 0.25) is 0 Å². The van der Waals surface area contributed by atoms with E-state index in [4.69, 9.17) is 23.2 Å². The average molecular weight is 372 g/mol. The summed E-state index contributed by atoms with van der Waals surface area (Å²) < 4.78 is 0. The Hall–Kier alpha value is 0.748. The predicted molar refractivity (Wildman–Crippen MR) is 46.3 cm³/mol. The fourth-order valence-corrected chi connectivity index (χ4v) is 1.33. The second-order valence-corrected chi connectivity index (χ2v) is 3.27. The third kappa shape index (κ3) is 4.35. The molecule has 0 unspecified atom stereocenters. The molecule has 0 nitrogen and oxygen atoms in total. The zero-order chi connectivity index (χ0) is 7.40. The van der Waals surface area contributed by atoms with Gasteiger partial charge in [-0.1, -0.05) is 35.4 Å². The molecule has 0 bridgehead atoms. The minimum absolute atomic E-state index is 0. The van der Waals surface area contributed by atoms with E-state index in [0.717, 1.165) is 35.7 Å². The van der Waals surface area contributed by atoms with Crippen LogP contribution in [-0.2, 0) is 21.1 Å². The Labute approximate surface area is 91.9 Å². The SMILES string of the molecule is ClC1=C(Cl)CCC=CCC1.[Pt+2]. The van der Waals surface area contributed by atoms with E-state index in [2.05, 4.69) is 12.2 Å². The molecule has 11 heavy (non-hydrogen) atoms. The van der Waals surface area contributed by atoms with Crippen LogP contribution in [-0.4, -0.2) is 0 Å². The van der Waals surface area contributed by atoms with Crippen LogP contribution in [0.5, 0.6) is 0 Å². The molecule has 0 radical (unpaired) electrons. The quantitative estimate of drug-likeness (QED) is 0.568. The van der Waals surface area contributed by atoms with Crippen LogP contribution < -0.4 is 0 Å². The monoisotopic (exact) mass is 371 g/mol. The Balaban J connectivity index is 0.000001000. The van der Waals surface area contributed by atoms with Crippen molar-refractivity contribution in [1.29, 1.82) is 0 Å². The molecule has 0 aromatic rings. The van der Waals surface area contributed by atoms with Gasteiger partial charge in [-0.15, -0.1) is 0 Å². The van der Waals surface area contributed by atoms with E-state index in [1.165, 1.54) is 0 Å². The summed E-state index contributed by atoms with van der Waals surface area (Å²) >= 11 is 11.7. The molecule has 0 fully saturated rings. The molecule has 64 valence electrons. The summed E-state index contributed by atoms with van der Waals surface area (Å²) in [7, 11) is 0. The van der Waals surface area contributed by atoms with E-state index < -0.39 is 0 Å². The minimum atomic E-state index is 0. The Morgan fingerprint density at radius 2 is 1.27 bits per heavy atom. The fourth-order valence-electron chi connectivity index (χ4n) is 0.927. The van der Waals surface area contributed by atoms with Crippen molar-refractivity contribution in [1.82, 2.24) is 0 Å². The first-order valence-corrected chi connectivity index (χ1v) is 4.24. The first-order chi connectivity index (χ1) is 4.80. The van der Waals surface area contributed by atoms with E-state index in [-0.39, 0.29) is 21.1 Å². The molecule has 0 heterocycles. The molecule has 0 aromatic carbocycles. The van der Waals surface area contributed by atoms with Gasteiger partial charge in [0.1, 0.15) is 0 Å². The molecule has 0 aromatic heterocycles. The van der Waals surface area contributed by atoms with Crippen LogP contribution in [0.4, 0.5) is 0 Å². The molecule has 0 amide bonds. The molecule has 1 rings (SSSR count). The summed E-state index contributed by atoms with van der Waals surface area (Å²) in [6, 6.07) is 0. The van der Waals surface area contributed by atoms with Crippen molar-refractivity contribution < 1.29 is 21.1 Å². The van der Waals surface area contributed by atoms with Crippen LogP contribution in [0.3, 0.4) is 0 Å².